The van der Waals surface area contributed by atoms with Gasteiger partial charge in [0.1, 0.15) is 0 Å². The predicted octanol–water partition coefficient (Wildman–Crippen LogP) is 3.63. The van der Waals surface area contributed by atoms with Crippen molar-refractivity contribution in [3.63, 3.8) is 0 Å². The monoisotopic (exact) mass is 352 g/mol. The Morgan fingerprint density at radius 2 is 1.64 bits per heavy atom. The summed E-state index contributed by atoms with van der Waals surface area (Å²) in [6, 6.07) is 19.5. The molecule has 0 fully saturated rings. The van der Waals surface area contributed by atoms with Crippen LogP contribution in [0.4, 0.5) is 5.69 Å². The van der Waals surface area contributed by atoms with Gasteiger partial charge in [-0.3, -0.25) is 4.79 Å². The van der Waals surface area contributed by atoms with Gasteiger partial charge in [0, 0.05) is 25.3 Å². The number of aromatic nitrogens is 3. The van der Waals surface area contributed by atoms with E-state index in [1.165, 1.54) is 11.8 Å². The average molecular weight is 352 g/mol. The maximum Gasteiger partial charge on any atom is 0.240 e. The summed E-state index contributed by atoms with van der Waals surface area (Å²) < 4.78 is 1.92. The standard InChI is InChI=1S/C19H20N4OS/c1-14(18(24)22(2)16-12-8-5-9-13-16)25-19-21-20-17(23(19)3)15-10-6-4-7-11-15/h4-14H,1-3H3/t14-/m1/s1. The van der Waals surface area contributed by atoms with Gasteiger partial charge in [-0.2, -0.15) is 0 Å². The highest BCUT2D eigenvalue weighted by Gasteiger charge is 2.22. The van der Waals surface area contributed by atoms with Crippen LogP contribution in [0.3, 0.4) is 0 Å². The van der Waals surface area contributed by atoms with E-state index in [0.717, 1.165) is 22.2 Å². The number of para-hydroxylation sites is 1. The summed E-state index contributed by atoms with van der Waals surface area (Å²) in [6.45, 7) is 1.89. The summed E-state index contributed by atoms with van der Waals surface area (Å²) in [4.78, 5) is 14.4. The van der Waals surface area contributed by atoms with E-state index in [9.17, 15) is 4.79 Å². The number of anilines is 1. The lowest BCUT2D eigenvalue weighted by Gasteiger charge is -2.20. The first kappa shape index (κ1) is 17.2. The second-order valence-corrected chi connectivity index (χ2v) is 7.03. The normalized spacial score (nSPS) is 12.0. The van der Waals surface area contributed by atoms with Gasteiger partial charge in [-0.1, -0.05) is 60.3 Å². The fraction of sp³-hybridized carbons (Fsp3) is 0.211. The Balaban J connectivity index is 1.74. The van der Waals surface area contributed by atoms with Crippen molar-refractivity contribution in [2.75, 3.05) is 11.9 Å². The van der Waals surface area contributed by atoms with Crippen LogP contribution in [-0.4, -0.2) is 33.0 Å². The molecule has 0 bridgehead atoms. The smallest absolute Gasteiger partial charge is 0.240 e. The first-order valence-corrected chi connectivity index (χ1v) is 8.90. The molecular formula is C19H20N4OS. The topological polar surface area (TPSA) is 51.0 Å². The number of nitrogens with zero attached hydrogens (tertiary/aromatic N) is 4. The van der Waals surface area contributed by atoms with Crippen LogP contribution in [0.1, 0.15) is 6.92 Å². The number of amides is 1. The highest BCUT2D eigenvalue weighted by atomic mass is 32.2. The molecule has 0 aliphatic heterocycles. The molecule has 3 rings (SSSR count). The Labute approximate surface area is 151 Å². The fourth-order valence-corrected chi connectivity index (χ4v) is 3.42. The van der Waals surface area contributed by atoms with Crippen LogP contribution in [0, 0.1) is 0 Å². The largest absolute Gasteiger partial charge is 0.315 e. The summed E-state index contributed by atoms with van der Waals surface area (Å²) in [5.41, 5.74) is 1.88. The van der Waals surface area contributed by atoms with Gasteiger partial charge in [0.25, 0.3) is 0 Å². The molecule has 0 aliphatic rings. The molecule has 25 heavy (non-hydrogen) atoms. The van der Waals surface area contributed by atoms with Crippen LogP contribution >= 0.6 is 11.8 Å². The van der Waals surface area contributed by atoms with Gasteiger partial charge in [-0.05, 0) is 19.1 Å². The molecule has 128 valence electrons. The molecular weight excluding hydrogens is 332 g/mol. The first-order chi connectivity index (χ1) is 12.1. The van der Waals surface area contributed by atoms with E-state index in [4.69, 9.17) is 0 Å². The highest BCUT2D eigenvalue weighted by molar-refractivity contribution is 8.00. The van der Waals surface area contributed by atoms with Gasteiger partial charge >= 0.3 is 0 Å². The minimum absolute atomic E-state index is 0.0282. The number of hydrogen-bond donors (Lipinski definition) is 0. The second-order valence-electron chi connectivity index (χ2n) is 5.72. The Morgan fingerprint density at radius 3 is 2.28 bits per heavy atom. The zero-order valence-corrected chi connectivity index (χ0v) is 15.3. The maximum atomic E-state index is 12.7. The van der Waals surface area contributed by atoms with Crippen molar-refractivity contribution in [1.82, 2.24) is 14.8 Å². The SMILES string of the molecule is C[C@@H](Sc1nnc(-c2ccccc2)n1C)C(=O)N(C)c1ccccc1. The van der Waals surface area contributed by atoms with E-state index in [-0.39, 0.29) is 11.2 Å². The van der Waals surface area contributed by atoms with Crippen LogP contribution in [0.2, 0.25) is 0 Å². The lowest BCUT2D eigenvalue weighted by atomic mass is 10.2. The zero-order chi connectivity index (χ0) is 17.8. The molecule has 6 heteroatoms. The van der Waals surface area contributed by atoms with Gasteiger partial charge in [0.15, 0.2) is 11.0 Å². The number of carbonyl (C=O) groups is 1. The molecule has 0 saturated carbocycles. The Hall–Kier alpha value is -2.60. The van der Waals surface area contributed by atoms with Crippen molar-refractivity contribution in [2.24, 2.45) is 7.05 Å². The zero-order valence-electron chi connectivity index (χ0n) is 14.5. The number of benzene rings is 2. The van der Waals surface area contributed by atoms with Crippen LogP contribution in [0.25, 0.3) is 11.4 Å². The molecule has 0 spiro atoms. The van der Waals surface area contributed by atoms with E-state index >= 15 is 0 Å². The van der Waals surface area contributed by atoms with Crippen LogP contribution in [-0.2, 0) is 11.8 Å². The quantitative estimate of drug-likeness (QED) is 0.658. The Morgan fingerprint density at radius 1 is 1.04 bits per heavy atom. The maximum absolute atomic E-state index is 12.7. The van der Waals surface area contributed by atoms with Gasteiger partial charge in [-0.25, -0.2) is 0 Å². The van der Waals surface area contributed by atoms with Gasteiger partial charge in [0.05, 0.1) is 5.25 Å². The number of thioether (sulfide) groups is 1. The molecule has 0 unspecified atom stereocenters. The predicted molar refractivity (Wildman–Crippen MR) is 102 cm³/mol. The van der Waals surface area contributed by atoms with Crippen molar-refractivity contribution in [2.45, 2.75) is 17.3 Å². The molecule has 1 amide bonds. The first-order valence-electron chi connectivity index (χ1n) is 8.02. The fourth-order valence-electron chi connectivity index (χ4n) is 2.52. The van der Waals surface area contributed by atoms with Crippen molar-refractivity contribution in [1.29, 1.82) is 0 Å². The molecule has 2 aromatic carbocycles. The molecule has 3 aromatic rings. The molecule has 5 nitrogen and oxygen atoms in total. The van der Waals surface area contributed by atoms with Crippen molar-refractivity contribution >= 4 is 23.4 Å². The summed E-state index contributed by atoms with van der Waals surface area (Å²) in [7, 11) is 3.71. The van der Waals surface area contributed by atoms with Crippen LogP contribution in [0.5, 0.6) is 0 Å². The van der Waals surface area contributed by atoms with E-state index in [1.807, 2.05) is 79.2 Å². The minimum atomic E-state index is -0.267. The number of carbonyl (C=O) groups excluding carboxylic acids is 1. The minimum Gasteiger partial charge on any atom is -0.315 e. The number of hydrogen-bond acceptors (Lipinski definition) is 4. The van der Waals surface area contributed by atoms with E-state index < -0.39 is 0 Å². The molecule has 0 aliphatic carbocycles. The third kappa shape index (κ3) is 3.74. The van der Waals surface area contributed by atoms with Gasteiger partial charge in [0.2, 0.25) is 5.91 Å². The Kier molecular flexibility index (Phi) is 5.19. The summed E-state index contributed by atoms with van der Waals surface area (Å²) in [5, 5.41) is 8.98. The summed E-state index contributed by atoms with van der Waals surface area (Å²) in [6.07, 6.45) is 0. The lowest BCUT2D eigenvalue weighted by molar-refractivity contribution is -0.117. The van der Waals surface area contributed by atoms with Gasteiger partial charge in [-0.15, -0.1) is 10.2 Å². The summed E-state index contributed by atoms with van der Waals surface area (Å²) >= 11 is 1.41. The van der Waals surface area contributed by atoms with Crippen LogP contribution in [0.15, 0.2) is 65.8 Å². The van der Waals surface area contributed by atoms with Crippen LogP contribution < -0.4 is 4.90 Å². The molecule has 0 saturated heterocycles. The third-order valence-electron chi connectivity index (χ3n) is 3.97. The molecule has 1 atom stereocenters. The van der Waals surface area contributed by atoms with Gasteiger partial charge < -0.3 is 9.47 Å². The Bertz CT molecular complexity index is 848. The second kappa shape index (κ2) is 7.53. The van der Waals surface area contributed by atoms with Crippen molar-refractivity contribution in [3.8, 4) is 11.4 Å². The molecule has 0 radical (unpaired) electrons. The highest BCUT2D eigenvalue weighted by Crippen LogP contribution is 2.27. The van der Waals surface area contributed by atoms with Crippen molar-refractivity contribution in [3.05, 3.63) is 60.7 Å². The number of rotatable bonds is 5. The third-order valence-corrected chi connectivity index (χ3v) is 5.09. The summed E-state index contributed by atoms with van der Waals surface area (Å²) in [5.74, 6) is 0.819. The van der Waals surface area contributed by atoms with Crippen molar-refractivity contribution < 1.29 is 4.79 Å². The molecule has 0 N–H and O–H groups in total. The van der Waals surface area contributed by atoms with E-state index in [2.05, 4.69) is 10.2 Å². The average Bonchev–Trinajstić information content (AvgIpc) is 3.02. The molecule has 1 aromatic heterocycles. The lowest BCUT2D eigenvalue weighted by Crippen LogP contribution is -2.33. The molecule has 1 heterocycles. The van der Waals surface area contributed by atoms with E-state index in [0.29, 0.717) is 0 Å². The van der Waals surface area contributed by atoms with E-state index in [1.54, 1.807) is 11.9 Å².